The van der Waals surface area contributed by atoms with Gasteiger partial charge in [-0.05, 0) is 41.5 Å². The molecule has 0 saturated heterocycles. The number of ether oxygens (including phenoxy) is 3. The van der Waals surface area contributed by atoms with Crippen LogP contribution in [0.2, 0.25) is 0 Å². The lowest BCUT2D eigenvalue weighted by atomic mass is 10.2. The summed E-state index contributed by atoms with van der Waals surface area (Å²) in [5.41, 5.74) is 0. The topological polar surface area (TPSA) is 91.6 Å². The first kappa shape index (κ1) is 21.7. The second kappa shape index (κ2) is 7.53. The van der Waals surface area contributed by atoms with Gasteiger partial charge in [0.05, 0.1) is 18.3 Å². The van der Waals surface area contributed by atoms with E-state index in [0.717, 1.165) is 4.90 Å². The van der Waals surface area contributed by atoms with Gasteiger partial charge >= 0.3 is 0 Å². The van der Waals surface area contributed by atoms with Crippen LogP contribution in [0.3, 0.4) is 0 Å². The second-order valence-corrected chi connectivity index (χ2v) is 6.64. The molecule has 0 aromatic rings. The van der Waals surface area contributed by atoms with Crippen molar-refractivity contribution in [1.82, 2.24) is 4.90 Å². The number of aliphatic hydroxyl groups is 3. The van der Waals surface area contributed by atoms with Crippen LogP contribution >= 0.6 is 0 Å². The van der Waals surface area contributed by atoms with Crippen LogP contribution in [0, 0.1) is 0 Å². The molecule has 0 heterocycles. The molecule has 22 heavy (non-hydrogen) atoms. The molecule has 3 N–H and O–H groups in total. The lowest BCUT2D eigenvalue weighted by molar-refractivity contribution is -0.490. The van der Waals surface area contributed by atoms with Crippen LogP contribution in [-0.4, -0.2) is 56.3 Å². The summed E-state index contributed by atoms with van der Waals surface area (Å²) >= 11 is 0. The van der Waals surface area contributed by atoms with E-state index in [9.17, 15) is 15.3 Å². The molecule has 0 spiro atoms. The molecule has 3 unspecified atom stereocenters. The fourth-order valence-electron chi connectivity index (χ4n) is 2.65. The molecule has 0 aliphatic heterocycles. The standard InChI is InChI=1S/C15H33NO6/c1-10(2)20-13(7,17)16(14(8,18)21-11(3)4)15(9,19)22-12(5)6/h10-12,17-19H,1-9H3. The minimum Gasteiger partial charge on any atom is -0.353 e. The Morgan fingerprint density at radius 1 is 0.591 bits per heavy atom. The smallest absolute Gasteiger partial charge is 0.233 e. The van der Waals surface area contributed by atoms with E-state index in [4.69, 9.17) is 14.2 Å². The minimum absolute atomic E-state index is 0.359. The molecular formula is C15H33NO6. The fraction of sp³-hybridized carbons (Fsp3) is 1.00. The molecule has 0 rings (SSSR count). The molecule has 0 aromatic carbocycles. The summed E-state index contributed by atoms with van der Waals surface area (Å²) in [6, 6.07) is 0. The molecule has 0 aromatic heterocycles. The van der Waals surface area contributed by atoms with Crippen molar-refractivity contribution in [3.05, 3.63) is 0 Å². The van der Waals surface area contributed by atoms with Crippen LogP contribution in [0.5, 0.6) is 0 Å². The second-order valence-electron chi connectivity index (χ2n) is 6.64. The Morgan fingerprint density at radius 3 is 0.909 bits per heavy atom. The molecule has 134 valence electrons. The minimum atomic E-state index is -2.04. The molecule has 3 atom stereocenters. The Kier molecular flexibility index (Phi) is 7.43. The van der Waals surface area contributed by atoms with Crippen LogP contribution in [-0.2, 0) is 14.2 Å². The monoisotopic (exact) mass is 323 g/mol. The fourth-order valence-corrected chi connectivity index (χ4v) is 2.65. The van der Waals surface area contributed by atoms with E-state index in [1.54, 1.807) is 41.5 Å². The lowest BCUT2D eigenvalue weighted by Gasteiger charge is -2.51. The van der Waals surface area contributed by atoms with Gasteiger partial charge in [0.1, 0.15) is 0 Å². The van der Waals surface area contributed by atoms with E-state index in [0.29, 0.717) is 0 Å². The average molecular weight is 323 g/mol. The number of hydrogen-bond donors (Lipinski definition) is 3. The molecule has 0 amide bonds. The maximum atomic E-state index is 10.7. The van der Waals surface area contributed by atoms with E-state index in [1.807, 2.05) is 0 Å². The summed E-state index contributed by atoms with van der Waals surface area (Å²) in [5.74, 6) is -6.11. The lowest BCUT2D eigenvalue weighted by Crippen LogP contribution is -2.70. The molecule has 0 saturated carbocycles. The quantitative estimate of drug-likeness (QED) is 0.555. The van der Waals surface area contributed by atoms with Gasteiger partial charge < -0.3 is 29.5 Å². The van der Waals surface area contributed by atoms with Crippen molar-refractivity contribution >= 4 is 0 Å². The molecule has 7 heteroatoms. The number of nitrogens with zero attached hydrogens (tertiary/aromatic N) is 1. The molecular weight excluding hydrogens is 290 g/mol. The van der Waals surface area contributed by atoms with Crippen molar-refractivity contribution in [2.45, 2.75) is 98.4 Å². The zero-order chi connectivity index (χ0) is 17.9. The van der Waals surface area contributed by atoms with Crippen molar-refractivity contribution in [3.8, 4) is 0 Å². The first-order chi connectivity index (χ1) is 9.62. The molecule has 0 aliphatic rings. The maximum absolute atomic E-state index is 10.7. The molecule has 0 radical (unpaired) electrons. The van der Waals surface area contributed by atoms with Gasteiger partial charge in [0.25, 0.3) is 0 Å². The van der Waals surface area contributed by atoms with Crippen molar-refractivity contribution in [2.24, 2.45) is 0 Å². The molecule has 0 aliphatic carbocycles. The van der Waals surface area contributed by atoms with Crippen molar-refractivity contribution in [1.29, 1.82) is 0 Å². The summed E-state index contributed by atoms with van der Waals surface area (Å²) in [7, 11) is 0. The average Bonchev–Trinajstić information content (AvgIpc) is 2.05. The van der Waals surface area contributed by atoms with Gasteiger partial charge in [0, 0.05) is 20.8 Å². The maximum Gasteiger partial charge on any atom is 0.233 e. The third-order valence-corrected chi connectivity index (χ3v) is 2.62. The van der Waals surface area contributed by atoms with Gasteiger partial charge in [-0.15, -0.1) is 4.90 Å². The highest BCUT2D eigenvalue weighted by Gasteiger charge is 2.54. The van der Waals surface area contributed by atoms with Gasteiger partial charge in [-0.1, -0.05) is 0 Å². The number of hydrogen-bond acceptors (Lipinski definition) is 7. The van der Waals surface area contributed by atoms with Crippen LogP contribution in [0.15, 0.2) is 0 Å². The van der Waals surface area contributed by atoms with Crippen molar-refractivity contribution in [3.63, 3.8) is 0 Å². The van der Waals surface area contributed by atoms with Gasteiger partial charge in [-0.3, -0.25) is 0 Å². The SMILES string of the molecule is CC(C)OC(C)(O)N(C(C)(O)OC(C)C)C(C)(O)OC(C)C. The van der Waals surface area contributed by atoms with Gasteiger partial charge in [-0.25, -0.2) is 0 Å². The van der Waals surface area contributed by atoms with Crippen LogP contribution in [0.25, 0.3) is 0 Å². The Balaban J connectivity index is 5.77. The highest BCUT2D eigenvalue weighted by molar-refractivity contribution is 4.80. The Labute approximate surface area is 133 Å². The van der Waals surface area contributed by atoms with Crippen molar-refractivity contribution in [2.75, 3.05) is 0 Å². The van der Waals surface area contributed by atoms with Crippen LogP contribution in [0.1, 0.15) is 62.3 Å². The van der Waals surface area contributed by atoms with Gasteiger partial charge in [0.2, 0.25) is 17.7 Å². The summed E-state index contributed by atoms with van der Waals surface area (Å²) in [5, 5.41) is 32.0. The third-order valence-electron chi connectivity index (χ3n) is 2.62. The van der Waals surface area contributed by atoms with E-state index < -0.39 is 17.7 Å². The van der Waals surface area contributed by atoms with Crippen LogP contribution in [0.4, 0.5) is 0 Å². The zero-order valence-electron chi connectivity index (χ0n) is 15.2. The van der Waals surface area contributed by atoms with E-state index >= 15 is 0 Å². The van der Waals surface area contributed by atoms with Crippen molar-refractivity contribution < 1.29 is 29.5 Å². The summed E-state index contributed by atoms with van der Waals surface area (Å²) < 4.78 is 16.3. The molecule has 0 fully saturated rings. The van der Waals surface area contributed by atoms with E-state index in [2.05, 4.69) is 0 Å². The highest BCUT2D eigenvalue weighted by Crippen LogP contribution is 2.34. The largest absolute Gasteiger partial charge is 0.353 e. The molecule has 7 nitrogen and oxygen atoms in total. The van der Waals surface area contributed by atoms with Gasteiger partial charge in [-0.2, -0.15) is 0 Å². The summed E-state index contributed by atoms with van der Waals surface area (Å²) in [4.78, 5) is 0.854. The first-order valence-electron chi connectivity index (χ1n) is 7.63. The summed E-state index contributed by atoms with van der Waals surface area (Å²) in [6.45, 7) is 14.3. The Bertz CT molecular complexity index is 287. The third kappa shape index (κ3) is 6.45. The predicted octanol–water partition coefficient (Wildman–Crippen LogP) is 1.56. The first-order valence-corrected chi connectivity index (χ1v) is 7.63. The summed E-state index contributed by atoms with van der Waals surface area (Å²) in [6.07, 6.45) is -1.08. The van der Waals surface area contributed by atoms with Gasteiger partial charge in [0.15, 0.2) is 0 Å². The predicted molar refractivity (Wildman–Crippen MR) is 82.4 cm³/mol. The Hall–Kier alpha value is -0.280. The normalized spacial score (nSPS) is 21.3. The molecule has 0 bridgehead atoms. The van der Waals surface area contributed by atoms with E-state index in [-0.39, 0.29) is 18.3 Å². The van der Waals surface area contributed by atoms with Crippen LogP contribution < -0.4 is 0 Å². The number of rotatable bonds is 9. The van der Waals surface area contributed by atoms with E-state index in [1.165, 1.54) is 20.8 Å². The Morgan fingerprint density at radius 2 is 0.773 bits per heavy atom. The highest BCUT2D eigenvalue weighted by atomic mass is 16.7. The zero-order valence-corrected chi connectivity index (χ0v) is 15.2.